The predicted octanol–water partition coefficient (Wildman–Crippen LogP) is 3.39. The minimum absolute atomic E-state index is 0.452. The normalized spacial score (nSPS) is 9.50. The van der Waals surface area contributed by atoms with Gasteiger partial charge in [0.25, 0.3) is 0 Å². The molecule has 70 valence electrons. The maximum atomic E-state index is 5.07. The van der Waals surface area contributed by atoms with Crippen LogP contribution in [0.2, 0.25) is 0 Å². The minimum atomic E-state index is 0.452. The van der Waals surface area contributed by atoms with Gasteiger partial charge in [-0.15, -0.1) is 0 Å². The van der Waals surface area contributed by atoms with Crippen LogP contribution in [0.5, 0.6) is 0 Å². The summed E-state index contributed by atoms with van der Waals surface area (Å²) in [6.45, 7) is 10.3. The average molecular weight is 169 g/mol. The van der Waals surface area contributed by atoms with E-state index in [0.717, 1.165) is 17.9 Å². The molecule has 1 aromatic heterocycles. The molecule has 0 amide bonds. The molecular formula is C10H19NO. The summed E-state index contributed by atoms with van der Waals surface area (Å²) in [6.07, 6.45) is 0.955. The van der Waals surface area contributed by atoms with Crippen molar-refractivity contribution in [1.82, 2.24) is 5.16 Å². The molecule has 0 atom stereocenters. The van der Waals surface area contributed by atoms with Crippen molar-refractivity contribution in [3.8, 4) is 0 Å². The van der Waals surface area contributed by atoms with Crippen molar-refractivity contribution in [3.63, 3.8) is 0 Å². The van der Waals surface area contributed by atoms with E-state index in [2.05, 4.69) is 25.9 Å². The predicted molar refractivity (Wildman–Crippen MR) is 51.3 cm³/mol. The SMILES string of the molecule is CC.CCc1cc(C(C)C)on1. The first-order valence-corrected chi connectivity index (χ1v) is 4.69. The monoisotopic (exact) mass is 169 g/mol. The zero-order valence-corrected chi connectivity index (χ0v) is 8.72. The third-order valence-electron chi connectivity index (χ3n) is 1.51. The Morgan fingerprint density at radius 1 is 1.42 bits per heavy atom. The molecule has 0 bridgehead atoms. The highest BCUT2D eigenvalue weighted by molar-refractivity contribution is 5.07. The third-order valence-corrected chi connectivity index (χ3v) is 1.51. The molecule has 1 aromatic rings. The summed E-state index contributed by atoms with van der Waals surface area (Å²) in [4.78, 5) is 0. The van der Waals surface area contributed by atoms with E-state index < -0.39 is 0 Å². The van der Waals surface area contributed by atoms with Gasteiger partial charge in [0.1, 0.15) is 5.76 Å². The Hall–Kier alpha value is -0.790. The fourth-order valence-electron chi connectivity index (χ4n) is 0.767. The van der Waals surface area contributed by atoms with E-state index in [9.17, 15) is 0 Å². The van der Waals surface area contributed by atoms with E-state index in [4.69, 9.17) is 4.52 Å². The quantitative estimate of drug-likeness (QED) is 0.678. The van der Waals surface area contributed by atoms with Crippen molar-refractivity contribution in [2.75, 3.05) is 0 Å². The molecule has 2 heteroatoms. The van der Waals surface area contributed by atoms with Crippen molar-refractivity contribution in [3.05, 3.63) is 17.5 Å². The van der Waals surface area contributed by atoms with Crippen molar-refractivity contribution in [2.24, 2.45) is 0 Å². The fourth-order valence-corrected chi connectivity index (χ4v) is 0.767. The second-order valence-electron chi connectivity index (χ2n) is 2.73. The molecule has 1 heterocycles. The van der Waals surface area contributed by atoms with E-state index in [1.807, 2.05) is 19.9 Å². The van der Waals surface area contributed by atoms with Crippen LogP contribution in [0.4, 0.5) is 0 Å². The van der Waals surface area contributed by atoms with Crippen LogP contribution in [-0.2, 0) is 6.42 Å². The highest BCUT2D eigenvalue weighted by Crippen LogP contribution is 2.14. The highest BCUT2D eigenvalue weighted by Gasteiger charge is 2.05. The Morgan fingerprint density at radius 2 is 2.00 bits per heavy atom. The van der Waals surface area contributed by atoms with Crippen molar-refractivity contribution < 1.29 is 4.52 Å². The summed E-state index contributed by atoms with van der Waals surface area (Å²) in [5.41, 5.74) is 1.05. The molecule has 0 saturated heterocycles. The van der Waals surface area contributed by atoms with Gasteiger partial charge in [-0.25, -0.2) is 0 Å². The first kappa shape index (κ1) is 11.2. The van der Waals surface area contributed by atoms with Crippen molar-refractivity contribution in [1.29, 1.82) is 0 Å². The Bertz CT molecular complexity index is 203. The second kappa shape index (κ2) is 5.81. The zero-order chi connectivity index (χ0) is 9.56. The third kappa shape index (κ3) is 3.07. The summed E-state index contributed by atoms with van der Waals surface area (Å²) in [5.74, 6) is 1.43. The fraction of sp³-hybridized carbons (Fsp3) is 0.700. The van der Waals surface area contributed by atoms with E-state index in [0.29, 0.717) is 5.92 Å². The molecule has 0 aliphatic heterocycles. The molecule has 0 fully saturated rings. The molecule has 0 saturated carbocycles. The maximum absolute atomic E-state index is 5.07. The Labute approximate surface area is 75.0 Å². The lowest BCUT2D eigenvalue weighted by molar-refractivity contribution is 0.366. The van der Waals surface area contributed by atoms with Crippen LogP contribution in [0.25, 0.3) is 0 Å². The lowest BCUT2D eigenvalue weighted by Gasteiger charge is -1.93. The number of aromatic nitrogens is 1. The lowest BCUT2D eigenvalue weighted by atomic mass is 10.1. The molecule has 0 aromatic carbocycles. The van der Waals surface area contributed by atoms with E-state index in [-0.39, 0.29) is 0 Å². The molecule has 1 rings (SSSR count). The van der Waals surface area contributed by atoms with Gasteiger partial charge in [-0.3, -0.25) is 0 Å². The van der Waals surface area contributed by atoms with Crippen LogP contribution >= 0.6 is 0 Å². The maximum Gasteiger partial charge on any atom is 0.139 e. The highest BCUT2D eigenvalue weighted by atomic mass is 16.5. The minimum Gasteiger partial charge on any atom is -0.361 e. The summed E-state index contributed by atoms with van der Waals surface area (Å²) in [6, 6.07) is 2.02. The molecule has 0 aliphatic rings. The van der Waals surface area contributed by atoms with Gasteiger partial charge in [-0.2, -0.15) is 0 Å². The molecule has 0 spiro atoms. The molecule has 0 unspecified atom stereocenters. The van der Waals surface area contributed by atoms with Crippen molar-refractivity contribution >= 4 is 0 Å². The van der Waals surface area contributed by atoms with Crippen LogP contribution in [0, 0.1) is 0 Å². The first-order valence-electron chi connectivity index (χ1n) is 4.69. The van der Waals surface area contributed by atoms with Crippen LogP contribution in [0.3, 0.4) is 0 Å². The summed E-state index contributed by atoms with van der Waals surface area (Å²) in [7, 11) is 0. The second-order valence-corrected chi connectivity index (χ2v) is 2.73. The van der Waals surface area contributed by atoms with Gasteiger partial charge in [-0.1, -0.05) is 39.8 Å². The molecule has 0 aliphatic carbocycles. The van der Waals surface area contributed by atoms with Gasteiger partial charge < -0.3 is 4.52 Å². The molecular weight excluding hydrogens is 150 g/mol. The van der Waals surface area contributed by atoms with Gasteiger partial charge in [0.2, 0.25) is 0 Å². The topological polar surface area (TPSA) is 26.0 Å². The lowest BCUT2D eigenvalue weighted by Crippen LogP contribution is -1.80. The van der Waals surface area contributed by atoms with Crippen LogP contribution < -0.4 is 0 Å². The van der Waals surface area contributed by atoms with E-state index in [1.165, 1.54) is 0 Å². The largest absolute Gasteiger partial charge is 0.361 e. The summed E-state index contributed by atoms with van der Waals surface area (Å²) >= 11 is 0. The summed E-state index contributed by atoms with van der Waals surface area (Å²) in [5, 5.41) is 3.88. The number of nitrogens with zero attached hydrogens (tertiary/aromatic N) is 1. The van der Waals surface area contributed by atoms with E-state index >= 15 is 0 Å². The number of hydrogen-bond donors (Lipinski definition) is 0. The Balaban J connectivity index is 0.000000561. The summed E-state index contributed by atoms with van der Waals surface area (Å²) < 4.78 is 5.07. The van der Waals surface area contributed by atoms with E-state index in [1.54, 1.807) is 0 Å². The van der Waals surface area contributed by atoms with Gasteiger partial charge in [0, 0.05) is 12.0 Å². The van der Waals surface area contributed by atoms with Gasteiger partial charge in [0.15, 0.2) is 0 Å². The van der Waals surface area contributed by atoms with Crippen LogP contribution in [0.1, 0.15) is 52.0 Å². The molecule has 0 N–H and O–H groups in total. The van der Waals surface area contributed by atoms with Gasteiger partial charge >= 0.3 is 0 Å². The van der Waals surface area contributed by atoms with Gasteiger partial charge in [0.05, 0.1) is 5.69 Å². The molecule has 0 radical (unpaired) electrons. The Kier molecular flexibility index (Phi) is 5.43. The number of rotatable bonds is 2. The van der Waals surface area contributed by atoms with Crippen LogP contribution in [-0.4, -0.2) is 5.16 Å². The average Bonchev–Trinajstić information content (AvgIpc) is 2.55. The standard InChI is InChI=1S/C8H13NO.C2H6/c1-4-7-5-8(6(2)3)10-9-7;1-2/h5-6H,4H2,1-3H3;1-2H3. The van der Waals surface area contributed by atoms with Crippen molar-refractivity contribution in [2.45, 2.75) is 47.0 Å². The smallest absolute Gasteiger partial charge is 0.139 e. The number of hydrogen-bond acceptors (Lipinski definition) is 2. The number of aryl methyl sites for hydroxylation is 1. The van der Waals surface area contributed by atoms with Gasteiger partial charge in [-0.05, 0) is 6.42 Å². The molecule has 2 nitrogen and oxygen atoms in total. The molecule has 12 heavy (non-hydrogen) atoms. The Morgan fingerprint density at radius 3 is 2.25 bits per heavy atom. The van der Waals surface area contributed by atoms with Crippen LogP contribution in [0.15, 0.2) is 10.6 Å². The zero-order valence-electron chi connectivity index (χ0n) is 8.72. The first-order chi connectivity index (χ1) is 5.74.